The lowest BCUT2D eigenvalue weighted by Gasteiger charge is -2.29. The van der Waals surface area contributed by atoms with Crippen molar-refractivity contribution in [2.45, 2.75) is 25.2 Å². The smallest absolute Gasteiger partial charge is 0.143 e. The van der Waals surface area contributed by atoms with Crippen molar-refractivity contribution in [2.24, 2.45) is 0 Å². The highest BCUT2D eigenvalue weighted by atomic mass is 16.3. The summed E-state index contributed by atoms with van der Waals surface area (Å²) in [6.07, 6.45) is 3.21. The fourth-order valence-corrected chi connectivity index (χ4v) is 9.12. The summed E-state index contributed by atoms with van der Waals surface area (Å²) >= 11 is 0. The van der Waals surface area contributed by atoms with Crippen LogP contribution in [0.25, 0.3) is 65.4 Å². The molecule has 1 aliphatic carbocycles. The number of hydrogen-bond donors (Lipinski definition) is 0. The number of benzene rings is 9. The van der Waals surface area contributed by atoms with Crippen molar-refractivity contribution in [3.05, 3.63) is 199 Å². The van der Waals surface area contributed by atoms with Crippen LogP contribution in [0.2, 0.25) is 0 Å². The predicted molar refractivity (Wildman–Crippen MR) is 228 cm³/mol. The van der Waals surface area contributed by atoms with Crippen LogP contribution in [0.3, 0.4) is 0 Å². The maximum absolute atomic E-state index is 6.57. The summed E-state index contributed by atoms with van der Waals surface area (Å²) in [7, 11) is 0. The van der Waals surface area contributed by atoms with Gasteiger partial charge in [-0.15, -0.1) is 0 Å². The largest absolute Gasteiger partial charge is 0.455 e. The summed E-state index contributed by atoms with van der Waals surface area (Å²) in [5.74, 6) is 0.422. The molecule has 9 aromatic carbocycles. The van der Waals surface area contributed by atoms with Gasteiger partial charge in [-0.25, -0.2) is 0 Å². The van der Waals surface area contributed by atoms with Crippen molar-refractivity contribution in [3.8, 4) is 11.1 Å². The van der Waals surface area contributed by atoms with Gasteiger partial charge in [0.2, 0.25) is 0 Å². The summed E-state index contributed by atoms with van der Waals surface area (Å²) < 4.78 is 6.57. The van der Waals surface area contributed by atoms with Gasteiger partial charge in [0.1, 0.15) is 11.2 Å². The van der Waals surface area contributed by atoms with Crippen LogP contribution in [0, 0.1) is 0 Å². The van der Waals surface area contributed by atoms with E-state index in [1.807, 2.05) is 6.07 Å². The van der Waals surface area contributed by atoms with Crippen LogP contribution in [0.1, 0.15) is 29.0 Å². The minimum atomic E-state index is 0.422. The van der Waals surface area contributed by atoms with Crippen LogP contribution in [0.15, 0.2) is 186 Å². The topological polar surface area (TPSA) is 16.4 Å². The third-order valence-corrected chi connectivity index (χ3v) is 11.8. The zero-order chi connectivity index (χ0) is 35.6. The van der Waals surface area contributed by atoms with Crippen molar-refractivity contribution in [3.63, 3.8) is 0 Å². The van der Waals surface area contributed by atoms with Crippen LogP contribution in [0.5, 0.6) is 0 Å². The van der Waals surface area contributed by atoms with Crippen LogP contribution in [0.4, 0.5) is 17.1 Å². The third kappa shape index (κ3) is 5.02. The maximum Gasteiger partial charge on any atom is 0.143 e. The summed E-state index contributed by atoms with van der Waals surface area (Å²) in [4.78, 5) is 2.45. The summed E-state index contributed by atoms with van der Waals surface area (Å²) in [5.41, 5.74) is 12.2. The lowest BCUT2D eigenvalue weighted by Crippen LogP contribution is -2.12. The molecule has 0 spiro atoms. The third-order valence-electron chi connectivity index (χ3n) is 11.8. The van der Waals surface area contributed by atoms with Gasteiger partial charge < -0.3 is 9.32 Å². The Morgan fingerprint density at radius 3 is 1.94 bits per heavy atom. The first-order chi connectivity index (χ1) is 26.8. The van der Waals surface area contributed by atoms with Gasteiger partial charge in [0, 0.05) is 32.9 Å². The molecule has 0 saturated carbocycles. The number of hydrogen-bond acceptors (Lipinski definition) is 2. The highest BCUT2D eigenvalue weighted by Crippen LogP contribution is 2.45. The van der Waals surface area contributed by atoms with Crippen LogP contribution in [-0.4, -0.2) is 0 Å². The van der Waals surface area contributed by atoms with Crippen LogP contribution >= 0.6 is 0 Å². The molecule has 0 radical (unpaired) electrons. The van der Waals surface area contributed by atoms with E-state index >= 15 is 0 Å². The number of para-hydroxylation sites is 1. The van der Waals surface area contributed by atoms with Gasteiger partial charge in [-0.1, -0.05) is 140 Å². The van der Waals surface area contributed by atoms with Gasteiger partial charge in [0.25, 0.3) is 0 Å². The molecule has 0 saturated heterocycles. The highest BCUT2D eigenvalue weighted by Gasteiger charge is 2.23. The molecule has 1 aromatic heterocycles. The van der Waals surface area contributed by atoms with Crippen molar-refractivity contribution in [1.29, 1.82) is 0 Å². The van der Waals surface area contributed by atoms with E-state index in [0.717, 1.165) is 69.0 Å². The van der Waals surface area contributed by atoms with E-state index in [9.17, 15) is 0 Å². The van der Waals surface area contributed by atoms with E-state index in [1.54, 1.807) is 0 Å². The Morgan fingerprint density at radius 1 is 0.444 bits per heavy atom. The van der Waals surface area contributed by atoms with Crippen LogP contribution in [-0.2, 0) is 12.8 Å². The second-order valence-electron chi connectivity index (χ2n) is 14.8. The second-order valence-corrected chi connectivity index (χ2v) is 14.8. The molecule has 0 amide bonds. The Kier molecular flexibility index (Phi) is 7.16. The molecular formula is C52H37NO. The fourth-order valence-electron chi connectivity index (χ4n) is 9.12. The molecule has 1 unspecified atom stereocenters. The molecule has 54 heavy (non-hydrogen) atoms. The molecular weight excluding hydrogens is 655 g/mol. The molecule has 0 aliphatic heterocycles. The van der Waals surface area contributed by atoms with E-state index in [2.05, 4.69) is 181 Å². The predicted octanol–water partition coefficient (Wildman–Crippen LogP) is 14.5. The molecule has 1 atom stereocenters. The first kappa shape index (κ1) is 30.9. The Morgan fingerprint density at radius 2 is 1.09 bits per heavy atom. The van der Waals surface area contributed by atoms with Crippen LogP contribution < -0.4 is 4.90 Å². The number of anilines is 3. The lowest BCUT2D eigenvalue weighted by atomic mass is 9.80. The second kappa shape index (κ2) is 12.5. The molecule has 11 rings (SSSR count). The Bertz CT molecular complexity index is 3040. The minimum absolute atomic E-state index is 0.422. The van der Waals surface area contributed by atoms with Gasteiger partial charge in [-0.05, 0) is 117 Å². The Labute approximate surface area is 314 Å². The molecule has 0 bridgehead atoms. The minimum Gasteiger partial charge on any atom is -0.455 e. The summed E-state index contributed by atoms with van der Waals surface area (Å²) in [6, 6.07) is 66.9. The van der Waals surface area contributed by atoms with Crippen molar-refractivity contribution in [1.82, 2.24) is 0 Å². The molecule has 1 heterocycles. The van der Waals surface area contributed by atoms with Gasteiger partial charge in [0.05, 0.1) is 5.69 Å². The van der Waals surface area contributed by atoms with Crippen molar-refractivity contribution < 1.29 is 4.42 Å². The standard InChI is InChI=1S/C52H37NO/c1-4-14-42-35(11-1)21-22-37(31-38-12-2-5-15-43(38)42)34-23-27-40(28-24-34)53(50-32-39-13-3-6-16-44(39)45-17-7-8-18-46(45)50)41-29-25-36-26-30-48-47-19-9-10-20-51(47)54-52(48)49(36)33-41/h1-20,23-30,32-33,37H,21-22,31H2. The van der Waals surface area contributed by atoms with Gasteiger partial charge in [-0.3, -0.25) is 0 Å². The number of furan rings is 1. The first-order valence-electron chi connectivity index (χ1n) is 19.1. The van der Waals surface area contributed by atoms with E-state index < -0.39 is 0 Å². The van der Waals surface area contributed by atoms with Gasteiger partial charge in [-0.2, -0.15) is 0 Å². The average Bonchev–Trinajstić information content (AvgIpc) is 3.62. The fraction of sp³-hybridized carbons (Fsp3) is 0.0769. The lowest BCUT2D eigenvalue weighted by molar-refractivity contribution is 0.618. The number of aryl methyl sites for hydroxylation is 1. The molecule has 0 fully saturated rings. The Balaban J connectivity index is 1.08. The monoisotopic (exact) mass is 691 g/mol. The zero-order valence-electron chi connectivity index (χ0n) is 29.9. The van der Waals surface area contributed by atoms with Crippen molar-refractivity contribution in [2.75, 3.05) is 4.90 Å². The molecule has 1 aliphatic rings. The molecule has 2 nitrogen and oxygen atoms in total. The first-order valence-corrected chi connectivity index (χ1v) is 19.1. The summed E-state index contributed by atoms with van der Waals surface area (Å²) in [6.45, 7) is 0. The highest BCUT2D eigenvalue weighted by molar-refractivity contribution is 6.17. The SMILES string of the molecule is c1ccc2c(c1)CCC(c1ccc(N(c3ccc4ccc5c6ccccc6oc5c4c3)c3cc4ccccc4c4ccccc34)cc1)Cc1ccccc1-2. The molecule has 10 aromatic rings. The van der Waals surface area contributed by atoms with E-state index in [1.165, 1.54) is 49.4 Å². The maximum atomic E-state index is 6.57. The van der Waals surface area contributed by atoms with Gasteiger partial charge >= 0.3 is 0 Å². The normalized spacial score (nSPS) is 14.3. The molecule has 0 N–H and O–H groups in total. The zero-order valence-corrected chi connectivity index (χ0v) is 29.9. The summed E-state index contributed by atoms with van der Waals surface area (Å²) in [5, 5.41) is 9.52. The number of nitrogens with zero attached hydrogens (tertiary/aromatic N) is 1. The number of fused-ring (bicyclic) bond motifs is 11. The average molecular weight is 692 g/mol. The van der Waals surface area contributed by atoms with E-state index in [-0.39, 0.29) is 0 Å². The number of rotatable bonds is 4. The molecule has 2 heteroatoms. The van der Waals surface area contributed by atoms with E-state index in [4.69, 9.17) is 4.42 Å². The molecule has 256 valence electrons. The van der Waals surface area contributed by atoms with Gasteiger partial charge in [0.15, 0.2) is 0 Å². The quantitative estimate of drug-likeness (QED) is 0.171. The van der Waals surface area contributed by atoms with E-state index in [0.29, 0.717) is 5.92 Å². The Hall–Kier alpha value is -6.64. The van der Waals surface area contributed by atoms with Crippen molar-refractivity contribution >= 4 is 71.3 Å².